The van der Waals surface area contributed by atoms with Crippen LogP contribution in [0.4, 0.5) is 11.6 Å². The van der Waals surface area contributed by atoms with Gasteiger partial charge in [0, 0.05) is 16.4 Å². The highest BCUT2D eigenvalue weighted by Crippen LogP contribution is 2.38. The molecule has 0 bridgehead atoms. The van der Waals surface area contributed by atoms with Crippen LogP contribution >= 0.6 is 11.6 Å². The number of halogens is 1. The third kappa shape index (κ3) is 4.06. The lowest BCUT2D eigenvalue weighted by molar-refractivity contribution is -0.113. The second kappa shape index (κ2) is 8.69. The number of nitrogens with one attached hydrogen (secondary N) is 2. The van der Waals surface area contributed by atoms with E-state index >= 15 is 0 Å². The standard InChI is InChI=1S/C22H22ClN5O3/c1-4-31-17-10-5-14(11-18(17)30-3)20-19(13(2)26-22-24-12-25-28(20)22)21(29)27-16-8-6-15(23)7-9-16/h5-12,20H,4H2,1-3H3,(H,27,29)(H,24,25,26). The Kier molecular flexibility index (Phi) is 5.81. The van der Waals surface area contributed by atoms with Crippen LogP contribution in [0.25, 0.3) is 0 Å². The molecule has 0 saturated carbocycles. The number of aromatic nitrogens is 3. The fourth-order valence-corrected chi connectivity index (χ4v) is 3.68. The molecule has 160 valence electrons. The van der Waals surface area contributed by atoms with E-state index in [2.05, 4.69) is 20.7 Å². The molecule has 31 heavy (non-hydrogen) atoms. The highest BCUT2D eigenvalue weighted by atomic mass is 35.5. The summed E-state index contributed by atoms with van der Waals surface area (Å²) in [5.41, 5.74) is 2.65. The van der Waals surface area contributed by atoms with Gasteiger partial charge in [-0.1, -0.05) is 17.7 Å². The highest BCUT2D eigenvalue weighted by Gasteiger charge is 2.34. The fourth-order valence-electron chi connectivity index (χ4n) is 3.55. The van der Waals surface area contributed by atoms with Gasteiger partial charge in [0.2, 0.25) is 5.95 Å². The fraction of sp³-hybridized carbons (Fsp3) is 0.227. The molecule has 0 fully saturated rings. The number of hydrogen-bond donors (Lipinski definition) is 2. The molecule has 9 heteroatoms. The van der Waals surface area contributed by atoms with Crippen molar-refractivity contribution in [3.05, 3.63) is 70.6 Å². The van der Waals surface area contributed by atoms with Crippen LogP contribution in [0.15, 0.2) is 60.1 Å². The number of anilines is 2. The smallest absolute Gasteiger partial charge is 0.255 e. The van der Waals surface area contributed by atoms with E-state index in [-0.39, 0.29) is 5.91 Å². The maximum absolute atomic E-state index is 13.3. The van der Waals surface area contributed by atoms with Gasteiger partial charge in [-0.15, -0.1) is 0 Å². The first-order chi connectivity index (χ1) is 15.0. The second-order valence-corrected chi connectivity index (χ2v) is 7.34. The van der Waals surface area contributed by atoms with Crippen molar-refractivity contribution in [2.45, 2.75) is 19.9 Å². The molecule has 1 aromatic heterocycles. The summed E-state index contributed by atoms with van der Waals surface area (Å²) in [5.74, 6) is 1.51. The third-order valence-corrected chi connectivity index (χ3v) is 5.20. The number of allylic oxidation sites excluding steroid dienone is 1. The molecule has 0 radical (unpaired) electrons. The van der Waals surface area contributed by atoms with Crippen molar-refractivity contribution < 1.29 is 14.3 Å². The molecule has 0 saturated heterocycles. The molecule has 1 amide bonds. The number of hydrogen-bond acceptors (Lipinski definition) is 6. The normalized spacial score (nSPS) is 15.2. The number of methoxy groups -OCH3 is 1. The Morgan fingerprint density at radius 2 is 2.00 bits per heavy atom. The largest absolute Gasteiger partial charge is 0.493 e. The predicted molar refractivity (Wildman–Crippen MR) is 119 cm³/mol. The Hall–Kier alpha value is -3.52. The van der Waals surface area contributed by atoms with Gasteiger partial charge < -0.3 is 20.1 Å². The summed E-state index contributed by atoms with van der Waals surface area (Å²) in [4.78, 5) is 17.6. The van der Waals surface area contributed by atoms with E-state index < -0.39 is 6.04 Å². The first-order valence-corrected chi connectivity index (χ1v) is 10.1. The lowest BCUT2D eigenvalue weighted by atomic mass is 9.94. The Labute approximate surface area is 184 Å². The van der Waals surface area contributed by atoms with Crippen LogP contribution in [0.2, 0.25) is 5.02 Å². The van der Waals surface area contributed by atoms with E-state index in [0.29, 0.717) is 46.0 Å². The molecule has 8 nitrogen and oxygen atoms in total. The van der Waals surface area contributed by atoms with Gasteiger partial charge >= 0.3 is 0 Å². The van der Waals surface area contributed by atoms with Gasteiger partial charge in [-0.2, -0.15) is 10.1 Å². The number of rotatable bonds is 6. The number of nitrogens with zero attached hydrogens (tertiary/aromatic N) is 3. The molecule has 2 N–H and O–H groups in total. The average Bonchev–Trinajstić information content (AvgIpc) is 3.23. The van der Waals surface area contributed by atoms with Crippen LogP contribution in [-0.2, 0) is 4.79 Å². The van der Waals surface area contributed by atoms with Crippen LogP contribution in [0.3, 0.4) is 0 Å². The monoisotopic (exact) mass is 439 g/mol. The van der Waals surface area contributed by atoms with Crippen LogP contribution in [0, 0.1) is 0 Å². The molecule has 2 heterocycles. The number of amides is 1. The molecule has 1 unspecified atom stereocenters. The summed E-state index contributed by atoms with van der Waals surface area (Å²) < 4.78 is 12.8. The Bertz CT molecular complexity index is 1140. The summed E-state index contributed by atoms with van der Waals surface area (Å²) in [7, 11) is 1.58. The number of fused-ring (bicyclic) bond motifs is 1. The minimum Gasteiger partial charge on any atom is -0.493 e. The summed E-state index contributed by atoms with van der Waals surface area (Å²) in [6.45, 7) is 4.27. The molecular formula is C22H22ClN5O3. The van der Waals surface area contributed by atoms with Crippen molar-refractivity contribution >= 4 is 29.1 Å². The van der Waals surface area contributed by atoms with Gasteiger partial charge in [0.25, 0.3) is 5.91 Å². The van der Waals surface area contributed by atoms with Crippen LogP contribution in [0.5, 0.6) is 11.5 Å². The average molecular weight is 440 g/mol. The Balaban J connectivity index is 1.76. The zero-order chi connectivity index (χ0) is 22.0. The topological polar surface area (TPSA) is 90.3 Å². The van der Waals surface area contributed by atoms with Gasteiger partial charge in [-0.3, -0.25) is 4.79 Å². The number of benzene rings is 2. The van der Waals surface area contributed by atoms with Crippen molar-refractivity contribution in [2.75, 3.05) is 24.4 Å². The van der Waals surface area contributed by atoms with Gasteiger partial charge in [0.1, 0.15) is 12.4 Å². The van der Waals surface area contributed by atoms with Crippen molar-refractivity contribution in [3.8, 4) is 11.5 Å². The summed E-state index contributed by atoms with van der Waals surface area (Å²) >= 11 is 5.96. The first kappa shape index (κ1) is 20.7. The molecule has 4 rings (SSSR count). The summed E-state index contributed by atoms with van der Waals surface area (Å²) in [6, 6.07) is 12.0. The van der Waals surface area contributed by atoms with E-state index in [1.165, 1.54) is 6.33 Å². The van der Waals surface area contributed by atoms with Crippen molar-refractivity contribution in [1.82, 2.24) is 14.8 Å². The van der Waals surface area contributed by atoms with E-state index in [1.807, 2.05) is 32.0 Å². The van der Waals surface area contributed by atoms with Crippen molar-refractivity contribution in [2.24, 2.45) is 0 Å². The number of carbonyl (C=O) groups is 1. The van der Waals surface area contributed by atoms with Gasteiger partial charge in [-0.05, 0) is 55.8 Å². The number of ether oxygens (including phenoxy) is 2. The molecule has 1 aliphatic heterocycles. The first-order valence-electron chi connectivity index (χ1n) is 9.76. The lowest BCUT2D eigenvalue weighted by Gasteiger charge is -2.29. The Morgan fingerprint density at radius 3 is 2.71 bits per heavy atom. The summed E-state index contributed by atoms with van der Waals surface area (Å²) in [6.07, 6.45) is 1.45. The molecule has 2 aromatic carbocycles. The zero-order valence-corrected chi connectivity index (χ0v) is 18.1. The molecule has 3 aromatic rings. The SMILES string of the molecule is CCOc1ccc(C2C(C(=O)Nc3ccc(Cl)cc3)=C(C)Nc3ncnn32)cc1OC. The Morgan fingerprint density at radius 1 is 1.23 bits per heavy atom. The quantitative estimate of drug-likeness (QED) is 0.596. The van der Waals surface area contributed by atoms with Crippen LogP contribution in [0.1, 0.15) is 25.5 Å². The third-order valence-electron chi connectivity index (χ3n) is 4.94. The zero-order valence-electron chi connectivity index (χ0n) is 17.3. The predicted octanol–water partition coefficient (Wildman–Crippen LogP) is 4.27. The van der Waals surface area contributed by atoms with Crippen molar-refractivity contribution in [3.63, 3.8) is 0 Å². The van der Waals surface area contributed by atoms with Gasteiger partial charge in [0.05, 0.1) is 19.3 Å². The lowest BCUT2D eigenvalue weighted by Crippen LogP contribution is -2.31. The minimum atomic E-state index is -0.504. The van der Waals surface area contributed by atoms with E-state index in [9.17, 15) is 4.79 Å². The molecule has 0 aliphatic carbocycles. The molecule has 1 aliphatic rings. The van der Waals surface area contributed by atoms with Crippen molar-refractivity contribution in [1.29, 1.82) is 0 Å². The van der Waals surface area contributed by atoms with Gasteiger partial charge in [0.15, 0.2) is 11.5 Å². The molecular weight excluding hydrogens is 418 g/mol. The number of carbonyl (C=O) groups excluding carboxylic acids is 1. The van der Waals surface area contributed by atoms with E-state index in [0.717, 1.165) is 5.56 Å². The molecule has 1 atom stereocenters. The van der Waals surface area contributed by atoms with Crippen LogP contribution < -0.4 is 20.1 Å². The van der Waals surface area contributed by atoms with Crippen LogP contribution in [-0.4, -0.2) is 34.4 Å². The highest BCUT2D eigenvalue weighted by molar-refractivity contribution is 6.30. The van der Waals surface area contributed by atoms with E-state index in [1.54, 1.807) is 36.1 Å². The second-order valence-electron chi connectivity index (χ2n) is 6.90. The maximum atomic E-state index is 13.3. The summed E-state index contributed by atoms with van der Waals surface area (Å²) in [5, 5.41) is 11.0. The van der Waals surface area contributed by atoms with E-state index in [4.69, 9.17) is 21.1 Å². The van der Waals surface area contributed by atoms with Gasteiger partial charge in [-0.25, -0.2) is 4.68 Å². The molecule has 0 spiro atoms. The minimum absolute atomic E-state index is 0.258. The maximum Gasteiger partial charge on any atom is 0.255 e.